The number of carbonyl (C=O) groups is 3. The number of hydrogen-bond donors (Lipinski definition) is 0. The molecule has 8 heteroatoms. The Morgan fingerprint density at radius 1 is 1.17 bits per heavy atom. The van der Waals surface area contributed by atoms with Gasteiger partial charge in [0.05, 0.1) is 38.4 Å². The number of piperidine rings is 1. The molecular formula is C28H34FN3O4. The standard InChI is InChI=1S/C28H34FN3O4/c1-18(19-2-3-19)32(15-23-14-26(33)24-17-36-13-10-25(24)30-23)27(34)16-31-11-8-21(9-12-31)28(35)20-4-6-22(29)7-5-20/h4-7,18-19,21H,2-3,8-17H2,1H3/t18-/m1/s1. The predicted molar refractivity (Wildman–Crippen MR) is 133 cm³/mol. The van der Waals surface area contributed by atoms with Gasteiger partial charge in [-0.2, -0.15) is 0 Å². The lowest BCUT2D eigenvalue weighted by atomic mass is 9.89. The lowest BCUT2D eigenvalue weighted by Crippen LogP contribution is -2.49. The van der Waals surface area contributed by atoms with Crippen LogP contribution in [0.4, 0.5) is 4.39 Å². The van der Waals surface area contributed by atoms with Crippen molar-refractivity contribution in [2.75, 3.05) is 39.4 Å². The Labute approximate surface area is 211 Å². The second kappa shape index (κ2) is 10.7. The van der Waals surface area contributed by atoms with E-state index in [4.69, 9.17) is 9.73 Å². The lowest BCUT2D eigenvalue weighted by Gasteiger charge is -2.35. The molecule has 1 aromatic carbocycles. The number of rotatable bonds is 8. The number of likely N-dealkylation sites (tertiary alicyclic amines) is 1. The molecule has 1 saturated carbocycles. The van der Waals surface area contributed by atoms with Crippen LogP contribution in [-0.4, -0.2) is 78.4 Å². The summed E-state index contributed by atoms with van der Waals surface area (Å²) in [4.78, 5) is 47.8. The lowest BCUT2D eigenvalue weighted by molar-refractivity contribution is -0.134. The zero-order chi connectivity index (χ0) is 25.2. The van der Waals surface area contributed by atoms with Gasteiger partial charge in [0, 0.05) is 35.2 Å². The number of halogens is 1. The number of hydrogen-bond acceptors (Lipinski definition) is 6. The monoisotopic (exact) mass is 495 g/mol. The Bertz CT molecular complexity index is 1080. The SMILES string of the molecule is C[C@H](C1CC1)N(CC1=NC2=C(COCC2)C(=O)C1)C(=O)CN1CCC(C(=O)c2ccc(F)cc2)CC1. The summed E-state index contributed by atoms with van der Waals surface area (Å²) in [5.74, 6) is 0.220. The van der Waals surface area contributed by atoms with Gasteiger partial charge in [0.2, 0.25) is 5.91 Å². The van der Waals surface area contributed by atoms with Crippen molar-refractivity contribution in [3.05, 3.63) is 46.9 Å². The van der Waals surface area contributed by atoms with E-state index in [1.807, 2.05) is 4.90 Å². The topological polar surface area (TPSA) is 79.3 Å². The molecule has 0 radical (unpaired) electrons. The van der Waals surface area contributed by atoms with Crippen LogP contribution < -0.4 is 0 Å². The number of ether oxygens (including phenoxy) is 1. The first-order chi connectivity index (χ1) is 17.4. The molecule has 2 fully saturated rings. The van der Waals surface area contributed by atoms with Crippen molar-refractivity contribution in [2.45, 2.75) is 51.5 Å². The Kier molecular flexibility index (Phi) is 7.44. The van der Waals surface area contributed by atoms with E-state index >= 15 is 0 Å². The first-order valence-electron chi connectivity index (χ1n) is 13.1. The van der Waals surface area contributed by atoms with E-state index in [1.165, 1.54) is 12.1 Å². The molecule has 36 heavy (non-hydrogen) atoms. The Balaban J connectivity index is 1.20. The summed E-state index contributed by atoms with van der Waals surface area (Å²) < 4.78 is 18.6. The maximum absolute atomic E-state index is 13.5. The number of carbonyl (C=O) groups excluding carboxylic acids is 3. The summed E-state index contributed by atoms with van der Waals surface area (Å²) in [6, 6.07) is 5.84. The van der Waals surface area contributed by atoms with E-state index in [2.05, 4.69) is 11.8 Å². The summed E-state index contributed by atoms with van der Waals surface area (Å²) in [7, 11) is 0. The zero-order valence-electron chi connectivity index (χ0n) is 20.9. The van der Waals surface area contributed by atoms with E-state index in [0.717, 1.165) is 24.3 Å². The minimum atomic E-state index is -0.349. The van der Waals surface area contributed by atoms with Gasteiger partial charge in [0.25, 0.3) is 0 Å². The maximum atomic E-state index is 13.5. The van der Waals surface area contributed by atoms with E-state index in [9.17, 15) is 18.8 Å². The highest BCUT2D eigenvalue weighted by Crippen LogP contribution is 2.36. The minimum Gasteiger partial charge on any atom is -0.376 e. The van der Waals surface area contributed by atoms with Gasteiger partial charge in [-0.3, -0.25) is 24.3 Å². The summed E-state index contributed by atoms with van der Waals surface area (Å²) in [6.45, 7) is 5.05. The molecule has 1 atom stereocenters. The molecule has 3 aliphatic heterocycles. The van der Waals surface area contributed by atoms with Gasteiger partial charge in [-0.05, 0) is 75.9 Å². The van der Waals surface area contributed by atoms with Crippen LogP contribution in [0, 0.1) is 17.7 Å². The van der Waals surface area contributed by atoms with Gasteiger partial charge in [-0.1, -0.05) is 0 Å². The Morgan fingerprint density at radius 3 is 2.58 bits per heavy atom. The van der Waals surface area contributed by atoms with Gasteiger partial charge >= 0.3 is 0 Å². The van der Waals surface area contributed by atoms with Crippen molar-refractivity contribution in [1.29, 1.82) is 0 Å². The average molecular weight is 496 g/mol. The first-order valence-corrected chi connectivity index (χ1v) is 13.1. The molecule has 0 N–H and O–H groups in total. The van der Waals surface area contributed by atoms with Crippen molar-refractivity contribution >= 4 is 23.2 Å². The molecule has 192 valence electrons. The van der Waals surface area contributed by atoms with Crippen LogP contribution in [0.25, 0.3) is 0 Å². The van der Waals surface area contributed by atoms with Crippen molar-refractivity contribution in [1.82, 2.24) is 9.80 Å². The van der Waals surface area contributed by atoms with Crippen molar-refractivity contribution in [2.24, 2.45) is 16.8 Å². The molecule has 0 unspecified atom stereocenters. The van der Waals surface area contributed by atoms with Crippen LogP contribution in [0.2, 0.25) is 0 Å². The van der Waals surface area contributed by atoms with Crippen LogP contribution in [0.1, 0.15) is 55.8 Å². The second-order valence-corrected chi connectivity index (χ2v) is 10.5. The molecule has 3 heterocycles. The number of amides is 1. The summed E-state index contributed by atoms with van der Waals surface area (Å²) in [6.07, 6.45) is 4.51. The van der Waals surface area contributed by atoms with E-state index in [0.29, 0.717) is 75.7 Å². The van der Waals surface area contributed by atoms with Gasteiger partial charge in [-0.15, -0.1) is 0 Å². The average Bonchev–Trinajstić information content (AvgIpc) is 3.73. The highest BCUT2D eigenvalue weighted by molar-refractivity contribution is 6.13. The third-order valence-corrected chi connectivity index (χ3v) is 7.99. The van der Waals surface area contributed by atoms with Crippen LogP contribution in [0.3, 0.4) is 0 Å². The van der Waals surface area contributed by atoms with Crippen LogP contribution in [0.15, 0.2) is 40.5 Å². The molecule has 1 aliphatic carbocycles. The molecular weight excluding hydrogens is 461 g/mol. The van der Waals surface area contributed by atoms with Gasteiger partial charge in [0.1, 0.15) is 5.82 Å². The normalized spacial score (nSPS) is 22.2. The second-order valence-electron chi connectivity index (χ2n) is 10.5. The molecule has 0 spiro atoms. The fraction of sp³-hybridized carbons (Fsp3) is 0.571. The summed E-state index contributed by atoms with van der Waals surface area (Å²) in [5.41, 5.74) is 2.83. The molecule has 5 rings (SSSR count). The quantitative estimate of drug-likeness (QED) is 0.517. The third kappa shape index (κ3) is 5.65. The maximum Gasteiger partial charge on any atom is 0.237 e. The molecule has 7 nitrogen and oxygen atoms in total. The summed E-state index contributed by atoms with van der Waals surface area (Å²) >= 11 is 0. The highest BCUT2D eigenvalue weighted by atomic mass is 19.1. The molecule has 4 aliphatic rings. The van der Waals surface area contributed by atoms with Gasteiger partial charge in [0.15, 0.2) is 11.6 Å². The zero-order valence-corrected chi connectivity index (χ0v) is 20.9. The largest absolute Gasteiger partial charge is 0.376 e. The van der Waals surface area contributed by atoms with Crippen molar-refractivity contribution < 1.29 is 23.5 Å². The molecule has 1 saturated heterocycles. The van der Waals surface area contributed by atoms with Crippen LogP contribution in [0.5, 0.6) is 0 Å². The Hall–Kier alpha value is -2.71. The molecule has 1 amide bonds. The molecule has 0 aromatic heterocycles. The van der Waals surface area contributed by atoms with E-state index in [-0.39, 0.29) is 41.7 Å². The first kappa shape index (κ1) is 25.0. The number of Topliss-reactive ketones (excluding diaryl/α,β-unsaturated/α-hetero) is 2. The third-order valence-electron chi connectivity index (χ3n) is 7.99. The fourth-order valence-corrected chi connectivity index (χ4v) is 5.53. The molecule has 0 bridgehead atoms. The number of aliphatic imine (C=N–C) groups is 1. The highest BCUT2D eigenvalue weighted by Gasteiger charge is 2.37. The fourth-order valence-electron chi connectivity index (χ4n) is 5.53. The van der Waals surface area contributed by atoms with Crippen molar-refractivity contribution in [3.63, 3.8) is 0 Å². The summed E-state index contributed by atoms with van der Waals surface area (Å²) in [5, 5.41) is 0. The Morgan fingerprint density at radius 2 is 1.89 bits per heavy atom. The smallest absolute Gasteiger partial charge is 0.237 e. The number of benzene rings is 1. The van der Waals surface area contributed by atoms with Crippen LogP contribution >= 0.6 is 0 Å². The van der Waals surface area contributed by atoms with E-state index < -0.39 is 0 Å². The van der Waals surface area contributed by atoms with Gasteiger partial charge < -0.3 is 9.64 Å². The van der Waals surface area contributed by atoms with Crippen LogP contribution in [-0.2, 0) is 14.3 Å². The number of ketones is 2. The number of nitrogens with zero attached hydrogens (tertiary/aromatic N) is 3. The minimum absolute atomic E-state index is 0.0479. The predicted octanol–water partition coefficient (Wildman–Crippen LogP) is 3.44. The van der Waals surface area contributed by atoms with E-state index in [1.54, 1.807) is 12.1 Å². The molecule has 1 aromatic rings. The van der Waals surface area contributed by atoms with Crippen molar-refractivity contribution in [3.8, 4) is 0 Å². The van der Waals surface area contributed by atoms with Gasteiger partial charge in [-0.25, -0.2) is 4.39 Å².